The van der Waals surface area contributed by atoms with Crippen LogP contribution in [0.5, 0.6) is 0 Å². The highest BCUT2D eigenvalue weighted by Crippen LogP contribution is 2.25. The van der Waals surface area contributed by atoms with Gasteiger partial charge in [-0.3, -0.25) is 29.4 Å². The Morgan fingerprint density at radius 1 is 1.20 bits per heavy atom. The Morgan fingerprint density at radius 3 is 2.60 bits per heavy atom. The zero-order valence-electron chi connectivity index (χ0n) is 9.92. The monoisotopic (exact) mass is 294 g/mol. The molecule has 0 spiro atoms. The molecule has 2 aliphatic rings. The van der Waals surface area contributed by atoms with Crippen LogP contribution in [0, 0.1) is 0 Å². The molecule has 1 N–H and O–H groups in total. The van der Waals surface area contributed by atoms with Crippen molar-refractivity contribution in [3.8, 4) is 0 Å². The molecule has 102 valence electrons. The van der Waals surface area contributed by atoms with E-state index in [9.17, 15) is 19.2 Å². The van der Waals surface area contributed by atoms with Gasteiger partial charge in [0.05, 0.1) is 6.20 Å². The van der Waals surface area contributed by atoms with Crippen LogP contribution in [-0.4, -0.2) is 44.5 Å². The van der Waals surface area contributed by atoms with Crippen LogP contribution in [0.4, 0.5) is 0 Å². The number of fused-ring (bicyclic) bond motifs is 1. The third kappa shape index (κ3) is 1.76. The highest BCUT2D eigenvalue weighted by molar-refractivity contribution is 6.30. The molecule has 2 aliphatic heterocycles. The van der Waals surface area contributed by atoms with E-state index in [0.29, 0.717) is 0 Å². The average Bonchev–Trinajstić information content (AvgIpc) is 2.63. The van der Waals surface area contributed by atoms with E-state index in [1.54, 1.807) is 0 Å². The molecule has 1 unspecified atom stereocenters. The topological polar surface area (TPSA) is 109 Å². The standard InChI is InChI=1S/C11H7ClN4O4/c12-5-3-13-7-8(14-5)11(20)16(10(7)19)4-1-2-6(17)15-9(4)18/h3-4H,1-2H2,(H,15,17,18). The highest BCUT2D eigenvalue weighted by atomic mass is 35.5. The molecule has 9 heteroatoms. The number of carbonyl (C=O) groups excluding carboxylic acids is 4. The van der Waals surface area contributed by atoms with Crippen LogP contribution >= 0.6 is 11.6 Å². The van der Waals surface area contributed by atoms with Crippen molar-refractivity contribution >= 4 is 35.2 Å². The van der Waals surface area contributed by atoms with Gasteiger partial charge in [0.1, 0.15) is 11.2 Å². The lowest BCUT2D eigenvalue weighted by Gasteiger charge is -2.27. The summed E-state index contributed by atoms with van der Waals surface area (Å²) in [5.74, 6) is -2.54. The number of aromatic nitrogens is 2. The number of rotatable bonds is 1. The molecule has 0 saturated carbocycles. The number of amides is 4. The van der Waals surface area contributed by atoms with Gasteiger partial charge in [-0.05, 0) is 6.42 Å². The molecule has 8 nitrogen and oxygen atoms in total. The predicted molar refractivity (Wildman–Crippen MR) is 63.7 cm³/mol. The molecule has 1 aromatic heterocycles. The van der Waals surface area contributed by atoms with Gasteiger partial charge in [-0.15, -0.1) is 0 Å². The van der Waals surface area contributed by atoms with Gasteiger partial charge in [0.15, 0.2) is 11.4 Å². The quantitative estimate of drug-likeness (QED) is 0.701. The van der Waals surface area contributed by atoms with E-state index in [-0.39, 0.29) is 29.4 Å². The second-order valence-electron chi connectivity index (χ2n) is 4.34. The normalized spacial score (nSPS) is 22.1. The number of carbonyl (C=O) groups is 4. The minimum Gasteiger partial charge on any atom is -0.295 e. The summed E-state index contributed by atoms with van der Waals surface area (Å²) in [6.07, 6.45) is 1.30. The maximum absolute atomic E-state index is 12.2. The van der Waals surface area contributed by atoms with Crippen molar-refractivity contribution in [3.05, 3.63) is 22.7 Å². The number of imide groups is 2. The molecule has 1 atom stereocenters. The maximum Gasteiger partial charge on any atom is 0.282 e. The summed E-state index contributed by atoms with van der Waals surface area (Å²) in [6.45, 7) is 0. The zero-order valence-corrected chi connectivity index (χ0v) is 10.7. The molecule has 0 radical (unpaired) electrons. The van der Waals surface area contributed by atoms with Crippen molar-refractivity contribution in [2.45, 2.75) is 18.9 Å². The molecule has 1 fully saturated rings. The second kappa shape index (κ2) is 4.34. The van der Waals surface area contributed by atoms with Gasteiger partial charge in [-0.2, -0.15) is 0 Å². The van der Waals surface area contributed by atoms with Gasteiger partial charge in [0.25, 0.3) is 11.8 Å². The first-order chi connectivity index (χ1) is 9.49. The molecule has 0 bridgehead atoms. The fraction of sp³-hybridized carbons (Fsp3) is 0.273. The Hall–Kier alpha value is -2.35. The Bertz CT molecular complexity index is 674. The third-order valence-corrected chi connectivity index (χ3v) is 3.29. The first-order valence-electron chi connectivity index (χ1n) is 5.73. The van der Waals surface area contributed by atoms with Crippen molar-refractivity contribution in [2.75, 3.05) is 0 Å². The Morgan fingerprint density at radius 2 is 1.90 bits per heavy atom. The third-order valence-electron chi connectivity index (χ3n) is 3.11. The summed E-state index contributed by atoms with van der Waals surface area (Å²) in [6, 6.07) is -1.03. The first kappa shape index (κ1) is 12.7. The summed E-state index contributed by atoms with van der Waals surface area (Å²) in [7, 11) is 0. The molecular weight excluding hydrogens is 288 g/mol. The van der Waals surface area contributed by atoms with Crippen molar-refractivity contribution < 1.29 is 19.2 Å². The van der Waals surface area contributed by atoms with Crippen LogP contribution in [0.25, 0.3) is 0 Å². The van der Waals surface area contributed by atoms with E-state index < -0.39 is 29.7 Å². The van der Waals surface area contributed by atoms with Crippen molar-refractivity contribution in [3.63, 3.8) is 0 Å². The summed E-state index contributed by atoms with van der Waals surface area (Å²) in [5.41, 5.74) is -0.309. The van der Waals surface area contributed by atoms with Crippen LogP contribution in [0.15, 0.2) is 6.20 Å². The lowest BCUT2D eigenvalue weighted by Crippen LogP contribution is -2.54. The molecule has 1 aromatic rings. The Kier molecular flexibility index (Phi) is 2.75. The summed E-state index contributed by atoms with van der Waals surface area (Å²) >= 11 is 5.64. The summed E-state index contributed by atoms with van der Waals surface area (Å²) < 4.78 is 0. The molecular formula is C11H7ClN4O4. The van der Waals surface area contributed by atoms with Crippen molar-refractivity contribution in [2.24, 2.45) is 0 Å². The number of hydrogen-bond donors (Lipinski definition) is 1. The van der Waals surface area contributed by atoms with E-state index in [0.717, 1.165) is 11.1 Å². The number of piperidine rings is 1. The second-order valence-corrected chi connectivity index (χ2v) is 4.72. The number of nitrogens with one attached hydrogen (secondary N) is 1. The first-order valence-corrected chi connectivity index (χ1v) is 6.11. The smallest absolute Gasteiger partial charge is 0.282 e. The van der Waals surface area contributed by atoms with Crippen molar-refractivity contribution in [1.29, 1.82) is 0 Å². The highest BCUT2D eigenvalue weighted by Gasteiger charge is 2.46. The fourth-order valence-corrected chi connectivity index (χ4v) is 2.34. The molecule has 3 heterocycles. The van der Waals surface area contributed by atoms with E-state index in [2.05, 4.69) is 15.3 Å². The SMILES string of the molecule is O=C1CCC(N2C(=O)c3ncc(Cl)nc3C2=O)C(=O)N1. The van der Waals surface area contributed by atoms with Crippen LogP contribution < -0.4 is 5.32 Å². The number of hydrogen-bond acceptors (Lipinski definition) is 6. The van der Waals surface area contributed by atoms with Gasteiger partial charge in [-0.1, -0.05) is 11.6 Å². The minimum atomic E-state index is -1.03. The predicted octanol–water partition coefficient (Wildman–Crippen LogP) is -0.469. The van der Waals surface area contributed by atoms with Gasteiger partial charge in [0.2, 0.25) is 11.8 Å². The number of halogens is 1. The minimum absolute atomic E-state index is 0.0185. The van der Waals surface area contributed by atoms with Crippen LogP contribution in [0.3, 0.4) is 0 Å². The summed E-state index contributed by atoms with van der Waals surface area (Å²) in [4.78, 5) is 55.5. The molecule has 0 aliphatic carbocycles. The lowest BCUT2D eigenvalue weighted by molar-refractivity contribution is -0.136. The van der Waals surface area contributed by atoms with Crippen LogP contribution in [0.1, 0.15) is 33.8 Å². The zero-order chi connectivity index (χ0) is 14.4. The molecule has 1 saturated heterocycles. The van der Waals surface area contributed by atoms with E-state index >= 15 is 0 Å². The average molecular weight is 295 g/mol. The summed E-state index contributed by atoms with van der Waals surface area (Å²) in [5, 5.41) is 2.08. The largest absolute Gasteiger partial charge is 0.295 e. The van der Waals surface area contributed by atoms with Crippen LogP contribution in [0.2, 0.25) is 5.15 Å². The molecule has 3 rings (SSSR count). The van der Waals surface area contributed by atoms with Crippen LogP contribution in [-0.2, 0) is 9.59 Å². The van der Waals surface area contributed by atoms with Crippen molar-refractivity contribution in [1.82, 2.24) is 20.2 Å². The lowest BCUT2D eigenvalue weighted by atomic mass is 10.0. The Balaban J connectivity index is 1.97. The molecule has 0 aromatic carbocycles. The van der Waals surface area contributed by atoms with Gasteiger partial charge in [-0.25, -0.2) is 9.97 Å². The number of nitrogens with zero attached hydrogens (tertiary/aromatic N) is 3. The van der Waals surface area contributed by atoms with Gasteiger partial charge < -0.3 is 0 Å². The Labute approximate surface area is 117 Å². The molecule has 20 heavy (non-hydrogen) atoms. The van der Waals surface area contributed by atoms with E-state index in [4.69, 9.17) is 11.6 Å². The fourth-order valence-electron chi connectivity index (χ4n) is 2.21. The molecule has 4 amide bonds. The van der Waals surface area contributed by atoms with E-state index in [1.165, 1.54) is 0 Å². The van der Waals surface area contributed by atoms with Gasteiger partial charge in [0, 0.05) is 6.42 Å². The maximum atomic E-state index is 12.2. The van der Waals surface area contributed by atoms with E-state index in [1.807, 2.05) is 0 Å². The van der Waals surface area contributed by atoms with Gasteiger partial charge >= 0.3 is 0 Å².